The molecule has 0 aliphatic carbocycles. The maximum atomic E-state index is 5.62. The van der Waals surface area contributed by atoms with Crippen molar-refractivity contribution in [3.8, 4) is 11.6 Å². The lowest BCUT2D eigenvalue weighted by molar-refractivity contribution is 0.212. The molecule has 0 unspecified atom stereocenters. The van der Waals surface area contributed by atoms with Crippen LogP contribution in [0.3, 0.4) is 0 Å². The van der Waals surface area contributed by atoms with Gasteiger partial charge < -0.3 is 20.1 Å². The number of nitrogens with one attached hydrogen (secondary N) is 2. The van der Waals surface area contributed by atoms with Gasteiger partial charge in [0.2, 0.25) is 5.88 Å². The Labute approximate surface area is 198 Å². The van der Waals surface area contributed by atoms with Crippen molar-refractivity contribution < 1.29 is 9.47 Å². The molecule has 9 heteroatoms. The Balaban J connectivity index is 0.00000320. The van der Waals surface area contributed by atoms with Crippen molar-refractivity contribution in [3.05, 3.63) is 70.3 Å². The zero-order valence-electron chi connectivity index (χ0n) is 17.0. The fraction of sp³-hybridized carbons (Fsp3) is 0.286. The molecule has 7 nitrogen and oxygen atoms in total. The third-order valence-corrected chi connectivity index (χ3v) is 4.82. The minimum absolute atomic E-state index is 0. The SMILES string of the molecule is CN=C(NCc1ccc(OCCOc2ccccc2)nc1)NCc1ncc(C)s1.I. The molecule has 0 amide bonds. The van der Waals surface area contributed by atoms with Crippen LogP contribution in [-0.2, 0) is 13.1 Å². The van der Waals surface area contributed by atoms with Crippen molar-refractivity contribution in [3.63, 3.8) is 0 Å². The standard InChI is InChI=1S/C21H25N5O2S.HI/c1-16-12-24-20(29-16)15-26-21(22-2)25-14-17-8-9-19(23-13-17)28-11-10-27-18-6-4-3-5-7-18;/h3-9,12-13H,10-11,14-15H2,1-2H3,(H2,22,25,26);1H. The summed E-state index contributed by atoms with van der Waals surface area (Å²) in [7, 11) is 1.75. The lowest BCUT2D eigenvalue weighted by Gasteiger charge is -2.11. The smallest absolute Gasteiger partial charge is 0.213 e. The average Bonchev–Trinajstić information content (AvgIpc) is 3.18. The molecular weight excluding hydrogens is 513 g/mol. The number of aryl methyl sites for hydroxylation is 1. The maximum Gasteiger partial charge on any atom is 0.213 e. The Morgan fingerprint density at radius 3 is 2.40 bits per heavy atom. The van der Waals surface area contributed by atoms with E-state index in [1.54, 1.807) is 24.6 Å². The van der Waals surface area contributed by atoms with E-state index in [0.29, 0.717) is 32.2 Å². The number of ether oxygens (including phenoxy) is 2. The highest BCUT2D eigenvalue weighted by Crippen LogP contribution is 2.11. The fourth-order valence-electron chi connectivity index (χ4n) is 2.47. The second kappa shape index (κ2) is 13.0. The molecule has 0 spiro atoms. The van der Waals surface area contributed by atoms with Gasteiger partial charge in [0.15, 0.2) is 5.96 Å². The number of nitrogens with zero attached hydrogens (tertiary/aromatic N) is 3. The normalized spacial score (nSPS) is 10.8. The van der Waals surface area contributed by atoms with Crippen LogP contribution < -0.4 is 20.1 Å². The van der Waals surface area contributed by atoms with Crippen molar-refractivity contribution >= 4 is 41.3 Å². The van der Waals surface area contributed by atoms with Gasteiger partial charge in [0, 0.05) is 36.9 Å². The molecule has 0 fully saturated rings. The number of rotatable bonds is 9. The Hall–Kier alpha value is -2.40. The lowest BCUT2D eigenvalue weighted by atomic mass is 10.3. The van der Waals surface area contributed by atoms with Crippen LogP contribution in [0.1, 0.15) is 15.4 Å². The minimum atomic E-state index is 0. The van der Waals surface area contributed by atoms with Crippen LogP contribution in [0.4, 0.5) is 0 Å². The van der Waals surface area contributed by atoms with Crippen LogP contribution >= 0.6 is 35.3 Å². The molecule has 0 bridgehead atoms. The minimum Gasteiger partial charge on any atom is -0.490 e. The summed E-state index contributed by atoms with van der Waals surface area (Å²) in [6.07, 6.45) is 3.67. The quantitative estimate of drug-likeness (QED) is 0.187. The van der Waals surface area contributed by atoms with E-state index < -0.39 is 0 Å². The maximum absolute atomic E-state index is 5.62. The highest BCUT2D eigenvalue weighted by Gasteiger charge is 2.03. The molecule has 0 aliphatic rings. The summed E-state index contributed by atoms with van der Waals surface area (Å²) >= 11 is 1.67. The van der Waals surface area contributed by atoms with Gasteiger partial charge in [-0.15, -0.1) is 35.3 Å². The topological polar surface area (TPSA) is 80.7 Å². The summed E-state index contributed by atoms with van der Waals surface area (Å²) in [5.74, 6) is 2.13. The van der Waals surface area contributed by atoms with E-state index in [0.717, 1.165) is 22.3 Å². The van der Waals surface area contributed by atoms with Crippen LogP contribution in [0.5, 0.6) is 11.6 Å². The lowest BCUT2D eigenvalue weighted by Crippen LogP contribution is -2.36. The van der Waals surface area contributed by atoms with E-state index in [-0.39, 0.29) is 24.0 Å². The second-order valence-corrected chi connectivity index (χ2v) is 7.48. The van der Waals surface area contributed by atoms with Crippen LogP contribution in [0.25, 0.3) is 0 Å². The summed E-state index contributed by atoms with van der Waals surface area (Å²) in [5, 5.41) is 7.56. The van der Waals surface area contributed by atoms with E-state index in [1.165, 1.54) is 4.88 Å². The molecule has 30 heavy (non-hydrogen) atoms. The van der Waals surface area contributed by atoms with Crippen molar-refractivity contribution in [1.82, 2.24) is 20.6 Å². The third kappa shape index (κ3) is 8.15. The second-order valence-electron chi connectivity index (χ2n) is 6.16. The molecule has 2 aromatic heterocycles. The van der Waals surface area contributed by atoms with Gasteiger partial charge >= 0.3 is 0 Å². The van der Waals surface area contributed by atoms with E-state index >= 15 is 0 Å². The first kappa shape index (κ1) is 23.9. The van der Waals surface area contributed by atoms with Gasteiger partial charge in [-0.3, -0.25) is 4.99 Å². The number of hydrogen-bond donors (Lipinski definition) is 2. The van der Waals surface area contributed by atoms with Gasteiger partial charge in [-0.25, -0.2) is 9.97 Å². The van der Waals surface area contributed by atoms with Crippen LogP contribution in [0.15, 0.2) is 59.9 Å². The molecule has 160 valence electrons. The highest BCUT2D eigenvalue weighted by molar-refractivity contribution is 14.0. The summed E-state index contributed by atoms with van der Waals surface area (Å²) in [6, 6.07) is 13.5. The first-order valence-corrected chi connectivity index (χ1v) is 10.2. The molecule has 3 aromatic rings. The van der Waals surface area contributed by atoms with Gasteiger partial charge in [-0.05, 0) is 24.6 Å². The van der Waals surface area contributed by atoms with Gasteiger partial charge in [-0.2, -0.15) is 0 Å². The molecular formula is C21H26IN5O2S. The van der Waals surface area contributed by atoms with Crippen molar-refractivity contribution in [1.29, 1.82) is 0 Å². The van der Waals surface area contributed by atoms with Crippen LogP contribution in [0.2, 0.25) is 0 Å². The van der Waals surface area contributed by atoms with Gasteiger partial charge in [0.25, 0.3) is 0 Å². The number of benzene rings is 1. The van der Waals surface area contributed by atoms with E-state index in [2.05, 4.69) is 25.6 Å². The van der Waals surface area contributed by atoms with Crippen molar-refractivity contribution in [2.24, 2.45) is 4.99 Å². The number of aliphatic imine (C=N–C) groups is 1. The molecule has 2 N–H and O–H groups in total. The molecule has 0 saturated carbocycles. The van der Waals surface area contributed by atoms with Crippen LogP contribution in [0, 0.1) is 6.92 Å². The largest absolute Gasteiger partial charge is 0.490 e. The molecule has 0 atom stereocenters. The van der Waals surface area contributed by atoms with Gasteiger partial charge in [0.05, 0.1) is 6.54 Å². The van der Waals surface area contributed by atoms with Crippen LogP contribution in [-0.4, -0.2) is 36.2 Å². The molecule has 3 rings (SSSR count). The number of pyridine rings is 1. The van der Waals surface area contributed by atoms with E-state index in [4.69, 9.17) is 9.47 Å². The van der Waals surface area contributed by atoms with E-state index in [9.17, 15) is 0 Å². The number of hydrogen-bond acceptors (Lipinski definition) is 6. The number of halogens is 1. The predicted octanol–water partition coefficient (Wildman–Crippen LogP) is 3.79. The molecule has 2 heterocycles. The molecule has 0 radical (unpaired) electrons. The Kier molecular flexibility index (Phi) is 10.4. The van der Waals surface area contributed by atoms with Crippen molar-refractivity contribution in [2.75, 3.05) is 20.3 Å². The first-order chi connectivity index (χ1) is 14.2. The summed E-state index contributed by atoms with van der Waals surface area (Å²) in [6.45, 7) is 4.21. The average molecular weight is 539 g/mol. The summed E-state index contributed by atoms with van der Waals surface area (Å²) < 4.78 is 11.2. The van der Waals surface area contributed by atoms with Gasteiger partial charge in [-0.1, -0.05) is 24.3 Å². The highest BCUT2D eigenvalue weighted by atomic mass is 127. The van der Waals surface area contributed by atoms with E-state index in [1.807, 2.05) is 55.6 Å². The molecule has 0 aliphatic heterocycles. The van der Waals surface area contributed by atoms with Crippen molar-refractivity contribution in [2.45, 2.75) is 20.0 Å². The number of guanidine groups is 1. The number of para-hydroxylation sites is 1. The molecule has 1 aromatic carbocycles. The fourth-order valence-corrected chi connectivity index (χ4v) is 3.20. The monoisotopic (exact) mass is 539 g/mol. The summed E-state index contributed by atoms with van der Waals surface area (Å²) in [4.78, 5) is 14.1. The predicted molar refractivity (Wildman–Crippen MR) is 131 cm³/mol. The zero-order valence-corrected chi connectivity index (χ0v) is 20.1. The number of thiazole rings is 1. The Morgan fingerprint density at radius 2 is 1.73 bits per heavy atom. The third-order valence-electron chi connectivity index (χ3n) is 3.90. The zero-order chi connectivity index (χ0) is 20.3. The number of aromatic nitrogens is 2. The van der Waals surface area contributed by atoms with Gasteiger partial charge in [0.1, 0.15) is 24.0 Å². The summed E-state index contributed by atoms with van der Waals surface area (Å²) in [5.41, 5.74) is 1.03. The molecule has 0 saturated heterocycles. The Morgan fingerprint density at radius 1 is 0.967 bits per heavy atom. The first-order valence-electron chi connectivity index (χ1n) is 9.34. The Bertz CT molecular complexity index is 903.